The molecule has 0 saturated heterocycles. The number of carbonyl (C=O) groups is 1. The number of halogens is 1. The van der Waals surface area contributed by atoms with Gasteiger partial charge in [-0.05, 0) is 42.3 Å². The predicted molar refractivity (Wildman–Crippen MR) is 102 cm³/mol. The molecule has 5 nitrogen and oxygen atoms in total. The molecule has 0 aliphatic carbocycles. The van der Waals surface area contributed by atoms with Gasteiger partial charge in [-0.15, -0.1) is 0 Å². The summed E-state index contributed by atoms with van der Waals surface area (Å²) in [5.74, 6) is 1.48. The fourth-order valence-electron chi connectivity index (χ4n) is 2.24. The van der Waals surface area contributed by atoms with Crippen molar-refractivity contribution in [3.8, 4) is 17.2 Å². The first kappa shape index (κ1) is 19.7. The van der Waals surface area contributed by atoms with E-state index in [1.165, 1.54) is 0 Å². The van der Waals surface area contributed by atoms with E-state index in [9.17, 15) is 4.79 Å². The van der Waals surface area contributed by atoms with Crippen LogP contribution >= 0.6 is 11.6 Å². The van der Waals surface area contributed by atoms with Gasteiger partial charge in [0.15, 0.2) is 11.5 Å². The summed E-state index contributed by atoms with van der Waals surface area (Å²) in [7, 11) is 3.09. The molecule has 1 amide bonds. The van der Waals surface area contributed by atoms with E-state index in [2.05, 4.69) is 11.9 Å². The van der Waals surface area contributed by atoms with Crippen molar-refractivity contribution in [2.45, 2.75) is 13.5 Å². The highest BCUT2D eigenvalue weighted by atomic mass is 35.5. The number of nitrogens with one attached hydrogen (secondary N) is 1. The molecule has 2 rings (SSSR count). The summed E-state index contributed by atoms with van der Waals surface area (Å²) in [5.41, 5.74) is 2.14. The Kier molecular flexibility index (Phi) is 6.92. The second kappa shape index (κ2) is 9.15. The second-order valence-electron chi connectivity index (χ2n) is 5.75. The van der Waals surface area contributed by atoms with Crippen LogP contribution in [-0.4, -0.2) is 26.7 Å². The smallest absolute Gasteiger partial charge is 0.251 e. The molecule has 0 aliphatic rings. The van der Waals surface area contributed by atoms with Crippen molar-refractivity contribution in [1.82, 2.24) is 5.32 Å². The molecule has 26 heavy (non-hydrogen) atoms. The summed E-state index contributed by atoms with van der Waals surface area (Å²) in [6.07, 6.45) is 0. The summed E-state index contributed by atoms with van der Waals surface area (Å²) >= 11 is 6.25. The average molecular weight is 376 g/mol. The van der Waals surface area contributed by atoms with Crippen LogP contribution in [0.5, 0.6) is 17.2 Å². The quantitative estimate of drug-likeness (QED) is 0.701. The van der Waals surface area contributed by atoms with Crippen LogP contribution in [0, 0.1) is 0 Å². The molecule has 0 unspecified atom stereocenters. The van der Waals surface area contributed by atoms with Gasteiger partial charge < -0.3 is 19.5 Å². The number of amides is 1. The minimum Gasteiger partial charge on any atom is -0.493 e. The molecule has 0 radical (unpaired) electrons. The maximum atomic E-state index is 12.4. The first-order chi connectivity index (χ1) is 12.4. The monoisotopic (exact) mass is 375 g/mol. The highest BCUT2D eigenvalue weighted by molar-refractivity contribution is 6.31. The molecule has 138 valence electrons. The molecule has 0 bridgehead atoms. The van der Waals surface area contributed by atoms with Gasteiger partial charge in [0.25, 0.3) is 5.91 Å². The third-order valence-electron chi connectivity index (χ3n) is 3.57. The number of hydrogen-bond acceptors (Lipinski definition) is 4. The van der Waals surface area contributed by atoms with Crippen LogP contribution in [0.1, 0.15) is 22.8 Å². The Morgan fingerprint density at radius 1 is 1.15 bits per heavy atom. The van der Waals surface area contributed by atoms with Gasteiger partial charge in [0.05, 0.1) is 14.2 Å². The molecule has 0 heterocycles. The van der Waals surface area contributed by atoms with Crippen molar-refractivity contribution in [3.05, 3.63) is 64.7 Å². The van der Waals surface area contributed by atoms with Crippen LogP contribution in [0.15, 0.2) is 48.6 Å². The highest BCUT2D eigenvalue weighted by Gasteiger charge is 2.12. The van der Waals surface area contributed by atoms with Crippen LogP contribution < -0.4 is 19.5 Å². The molecule has 6 heteroatoms. The first-order valence-electron chi connectivity index (χ1n) is 8.00. The van der Waals surface area contributed by atoms with E-state index >= 15 is 0 Å². The lowest BCUT2D eigenvalue weighted by Crippen LogP contribution is -2.23. The summed E-state index contributed by atoms with van der Waals surface area (Å²) in [6, 6.07) is 10.4. The zero-order chi connectivity index (χ0) is 19.1. The number of benzene rings is 2. The molecular weight excluding hydrogens is 354 g/mol. The van der Waals surface area contributed by atoms with E-state index in [4.69, 9.17) is 25.8 Å². The molecule has 1 N–H and O–H groups in total. The van der Waals surface area contributed by atoms with Crippen molar-refractivity contribution >= 4 is 17.5 Å². The Balaban J connectivity index is 2.07. The highest BCUT2D eigenvalue weighted by Crippen LogP contribution is 2.33. The Morgan fingerprint density at radius 3 is 2.50 bits per heavy atom. The fourth-order valence-corrected chi connectivity index (χ4v) is 2.46. The summed E-state index contributed by atoms with van der Waals surface area (Å²) in [6.45, 7) is 6.34. The van der Waals surface area contributed by atoms with Crippen molar-refractivity contribution in [2.24, 2.45) is 0 Å². The van der Waals surface area contributed by atoms with Crippen LogP contribution in [0.4, 0.5) is 0 Å². The number of methoxy groups -OCH3 is 2. The molecular formula is C20H22ClNO4. The molecule has 0 fully saturated rings. The molecule has 2 aromatic rings. The lowest BCUT2D eigenvalue weighted by Gasteiger charge is -2.13. The Bertz CT molecular complexity index is 804. The van der Waals surface area contributed by atoms with E-state index in [0.29, 0.717) is 34.4 Å². The minimum atomic E-state index is -0.225. The summed E-state index contributed by atoms with van der Waals surface area (Å²) in [5, 5.41) is 3.33. The molecule has 0 aliphatic heterocycles. The molecule has 0 atom stereocenters. The van der Waals surface area contributed by atoms with Gasteiger partial charge >= 0.3 is 0 Å². The van der Waals surface area contributed by atoms with Crippen LogP contribution in [-0.2, 0) is 6.54 Å². The standard InChI is InChI=1S/C20H22ClNO4/c1-13(2)12-26-16-7-5-6-14(8-16)20(23)22-11-15-9-18(24-3)19(25-4)10-17(15)21/h5-10H,1,11-12H2,2-4H3,(H,22,23). The number of rotatable bonds is 8. The van der Waals surface area contributed by atoms with E-state index in [1.807, 2.05) is 6.92 Å². The number of ether oxygens (including phenoxy) is 3. The molecule has 0 spiro atoms. The largest absolute Gasteiger partial charge is 0.493 e. The lowest BCUT2D eigenvalue weighted by molar-refractivity contribution is 0.0950. The SMILES string of the molecule is C=C(C)COc1cccc(C(=O)NCc2cc(OC)c(OC)cc2Cl)c1. The Morgan fingerprint density at radius 2 is 1.85 bits per heavy atom. The average Bonchev–Trinajstić information content (AvgIpc) is 2.65. The van der Waals surface area contributed by atoms with E-state index in [0.717, 1.165) is 11.1 Å². The lowest BCUT2D eigenvalue weighted by atomic mass is 10.1. The van der Waals surface area contributed by atoms with Gasteiger partial charge in [0.2, 0.25) is 0 Å². The van der Waals surface area contributed by atoms with E-state index in [1.54, 1.807) is 50.6 Å². The van der Waals surface area contributed by atoms with Gasteiger partial charge in [-0.25, -0.2) is 0 Å². The zero-order valence-electron chi connectivity index (χ0n) is 15.1. The van der Waals surface area contributed by atoms with Crippen molar-refractivity contribution in [1.29, 1.82) is 0 Å². The van der Waals surface area contributed by atoms with Crippen molar-refractivity contribution in [2.75, 3.05) is 20.8 Å². The van der Waals surface area contributed by atoms with E-state index < -0.39 is 0 Å². The Labute approximate surface area is 158 Å². The van der Waals surface area contributed by atoms with Crippen LogP contribution in [0.25, 0.3) is 0 Å². The fraction of sp³-hybridized carbons (Fsp3) is 0.250. The summed E-state index contributed by atoms with van der Waals surface area (Å²) in [4.78, 5) is 12.4. The normalized spacial score (nSPS) is 10.2. The van der Waals surface area contributed by atoms with Crippen LogP contribution in [0.3, 0.4) is 0 Å². The van der Waals surface area contributed by atoms with Gasteiger partial charge in [-0.1, -0.05) is 24.2 Å². The summed E-state index contributed by atoms with van der Waals surface area (Å²) < 4.78 is 16.0. The van der Waals surface area contributed by atoms with Crippen molar-refractivity contribution < 1.29 is 19.0 Å². The van der Waals surface area contributed by atoms with Gasteiger partial charge in [-0.3, -0.25) is 4.79 Å². The van der Waals surface area contributed by atoms with Gasteiger partial charge in [-0.2, -0.15) is 0 Å². The van der Waals surface area contributed by atoms with E-state index in [-0.39, 0.29) is 12.5 Å². The van der Waals surface area contributed by atoms with Gasteiger partial charge in [0, 0.05) is 23.2 Å². The van der Waals surface area contributed by atoms with Crippen LogP contribution in [0.2, 0.25) is 5.02 Å². The van der Waals surface area contributed by atoms with Crippen molar-refractivity contribution in [3.63, 3.8) is 0 Å². The number of hydrogen-bond donors (Lipinski definition) is 1. The van der Waals surface area contributed by atoms with Gasteiger partial charge in [0.1, 0.15) is 12.4 Å². The third kappa shape index (κ3) is 5.17. The Hall–Kier alpha value is -2.66. The maximum Gasteiger partial charge on any atom is 0.251 e. The third-order valence-corrected chi connectivity index (χ3v) is 3.93. The zero-order valence-corrected chi connectivity index (χ0v) is 15.9. The molecule has 0 saturated carbocycles. The second-order valence-corrected chi connectivity index (χ2v) is 6.16. The number of carbonyl (C=O) groups excluding carboxylic acids is 1. The molecule has 0 aromatic heterocycles. The molecule has 2 aromatic carbocycles. The predicted octanol–water partition coefficient (Wildman–Crippen LogP) is 4.24. The first-order valence-corrected chi connectivity index (χ1v) is 8.38. The topological polar surface area (TPSA) is 56.8 Å². The maximum absolute atomic E-state index is 12.4. The minimum absolute atomic E-state index is 0.225.